The third kappa shape index (κ3) is 2.74. The molecular formula is C16H22N4O2. The van der Waals surface area contributed by atoms with Gasteiger partial charge in [0, 0.05) is 39.0 Å². The highest BCUT2D eigenvalue weighted by molar-refractivity contribution is 5.71. The molecule has 2 aromatic heterocycles. The van der Waals surface area contributed by atoms with Crippen LogP contribution in [0.15, 0.2) is 18.3 Å². The lowest BCUT2D eigenvalue weighted by Crippen LogP contribution is -2.38. The molecule has 0 N–H and O–H groups in total. The maximum atomic E-state index is 5.86. The van der Waals surface area contributed by atoms with E-state index >= 15 is 0 Å². The van der Waals surface area contributed by atoms with Crippen molar-refractivity contribution in [3.63, 3.8) is 0 Å². The van der Waals surface area contributed by atoms with Crippen molar-refractivity contribution in [2.75, 3.05) is 39.5 Å². The summed E-state index contributed by atoms with van der Waals surface area (Å²) < 4.78 is 13.5. The summed E-state index contributed by atoms with van der Waals surface area (Å²) in [5.74, 6) is 1.04. The SMILES string of the molecule is c1cnc2c(c1)nc(C1CCCO1)n2CCN1CCOCC1. The average molecular weight is 302 g/mol. The standard InChI is InChI=1S/C16H22N4O2/c1-3-13-15(17-5-1)20(7-6-19-8-11-21-12-9-19)16(18-13)14-4-2-10-22-14/h1,3,5,14H,2,4,6-12H2. The zero-order chi connectivity index (χ0) is 14.8. The van der Waals surface area contributed by atoms with Crippen molar-refractivity contribution in [2.45, 2.75) is 25.5 Å². The van der Waals surface area contributed by atoms with Crippen LogP contribution in [0.2, 0.25) is 0 Å². The van der Waals surface area contributed by atoms with Gasteiger partial charge in [-0.1, -0.05) is 0 Å². The van der Waals surface area contributed by atoms with E-state index in [1.165, 1.54) is 0 Å². The van der Waals surface area contributed by atoms with Crippen LogP contribution in [0.25, 0.3) is 11.2 Å². The van der Waals surface area contributed by atoms with E-state index in [2.05, 4.69) is 14.5 Å². The van der Waals surface area contributed by atoms with Gasteiger partial charge < -0.3 is 14.0 Å². The Balaban J connectivity index is 1.60. The third-order valence-corrected chi connectivity index (χ3v) is 4.49. The van der Waals surface area contributed by atoms with Gasteiger partial charge in [-0.15, -0.1) is 0 Å². The number of nitrogens with zero attached hydrogens (tertiary/aromatic N) is 4. The molecule has 0 spiro atoms. The molecule has 2 fully saturated rings. The van der Waals surface area contributed by atoms with Crippen molar-refractivity contribution >= 4 is 11.2 Å². The topological polar surface area (TPSA) is 52.4 Å². The molecule has 4 heterocycles. The Bertz CT molecular complexity index is 630. The van der Waals surface area contributed by atoms with E-state index in [4.69, 9.17) is 14.5 Å². The molecule has 2 aliphatic rings. The van der Waals surface area contributed by atoms with E-state index in [0.29, 0.717) is 0 Å². The largest absolute Gasteiger partial charge is 0.379 e. The Labute approximate surface area is 130 Å². The van der Waals surface area contributed by atoms with Gasteiger partial charge in [-0.05, 0) is 25.0 Å². The molecule has 2 saturated heterocycles. The van der Waals surface area contributed by atoms with Crippen LogP contribution in [-0.2, 0) is 16.0 Å². The van der Waals surface area contributed by atoms with Gasteiger partial charge >= 0.3 is 0 Å². The summed E-state index contributed by atoms with van der Waals surface area (Å²) in [4.78, 5) is 11.8. The fourth-order valence-corrected chi connectivity index (χ4v) is 3.29. The molecule has 0 aliphatic carbocycles. The Morgan fingerprint density at radius 1 is 1.18 bits per heavy atom. The fourth-order valence-electron chi connectivity index (χ4n) is 3.29. The monoisotopic (exact) mass is 302 g/mol. The molecule has 2 aromatic rings. The minimum absolute atomic E-state index is 0.124. The highest BCUT2D eigenvalue weighted by atomic mass is 16.5. The number of imidazole rings is 1. The Morgan fingerprint density at radius 2 is 2.09 bits per heavy atom. The second-order valence-corrected chi connectivity index (χ2v) is 5.92. The predicted octanol–water partition coefficient (Wildman–Crippen LogP) is 1.61. The number of rotatable bonds is 4. The molecule has 0 saturated carbocycles. The van der Waals surface area contributed by atoms with Crippen LogP contribution in [-0.4, -0.2) is 58.9 Å². The van der Waals surface area contributed by atoms with Gasteiger partial charge in [-0.2, -0.15) is 0 Å². The molecule has 6 nitrogen and oxygen atoms in total. The lowest BCUT2D eigenvalue weighted by molar-refractivity contribution is 0.0358. The summed E-state index contributed by atoms with van der Waals surface area (Å²) in [6.45, 7) is 6.44. The van der Waals surface area contributed by atoms with Crippen LogP contribution in [0.3, 0.4) is 0 Å². The molecule has 118 valence electrons. The van der Waals surface area contributed by atoms with Crippen LogP contribution >= 0.6 is 0 Å². The molecule has 1 atom stereocenters. The Kier molecular flexibility index (Phi) is 4.05. The third-order valence-electron chi connectivity index (χ3n) is 4.49. The number of fused-ring (bicyclic) bond motifs is 1. The molecule has 0 amide bonds. The maximum absolute atomic E-state index is 5.86. The minimum Gasteiger partial charge on any atom is -0.379 e. The van der Waals surface area contributed by atoms with Gasteiger partial charge in [0.05, 0.1) is 13.2 Å². The second-order valence-electron chi connectivity index (χ2n) is 5.92. The Morgan fingerprint density at radius 3 is 2.91 bits per heavy atom. The van der Waals surface area contributed by atoms with Crippen molar-refractivity contribution in [3.8, 4) is 0 Å². The van der Waals surface area contributed by atoms with Gasteiger partial charge in [0.15, 0.2) is 5.65 Å². The summed E-state index contributed by atoms with van der Waals surface area (Å²) in [5.41, 5.74) is 1.94. The van der Waals surface area contributed by atoms with E-state index in [-0.39, 0.29) is 6.10 Å². The molecule has 4 rings (SSSR count). The number of aromatic nitrogens is 3. The van der Waals surface area contributed by atoms with Crippen LogP contribution in [0.1, 0.15) is 24.8 Å². The molecule has 0 radical (unpaired) electrons. The first-order valence-electron chi connectivity index (χ1n) is 8.15. The van der Waals surface area contributed by atoms with E-state index in [1.807, 2.05) is 18.3 Å². The van der Waals surface area contributed by atoms with Gasteiger partial charge in [0.1, 0.15) is 17.4 Å². The molecular weight excluding hydrogens is 280 g/mol. The van der Waals surface area contributed by atoms with E-state index in [9.17, 15) is 0 Å². The van der Waals surface area contributed by atoms with Gasteiger partial charge in [-0.3, -0.25) is 4.90 Å². The zero-order valence-electron chi connectivity index (χ0n) is 12.8. The molecule has 0 aromatic carbocycles. The second kappa shape index (κ2) is 6.32. The number of pyridine rings is 1. The molecule has 2 aliphatic heterocycles. The van der Waals surface area contributed by atoms with Crippen molar-refractivity contribution in [2.24, 2.45) is 0 Å². The number of morpholine rings is 1. The highest BCUT2D eigenvalue weighted by Crippen LogP contribution is 2.29. The van der Waals surface area contributed by atoms with Crippen LogP contribution < -0.4 is 0 Å². The fraction of sp³-hybridized carbons (Fsp3) is 0.625. The maximum Gasteiger partial charge on any atom is 0.160 e. The molecule has 1 unspecified atom stereocenters. The molecule has 22 heavy (non-hydrogen) atoms. The van der Waals surface area contributed by atoms with Crippen molar-refractivity contribution in [1.82, 2.24) is 19.4 Å². The zero-order valence-corrected chi connectivity index (χ0v) is 12.8. The highest BCUT2D eigenvalue weighted by Gasteiger charge is 2.25. The van der Waals surface area contributed by atoms with Crippen molar-refractivity contribution in [3.05, 3.63) is 24.2 Å². The lowest BCUT2D eigenvalue weighted by atomic mass is 10.2. The minimum atomic E-state index is 0.124. The summed E-state index contributed by atoms with van der Waals surface area (Å²) >= 11 is 0. The number of hydrogen-bond donors (Lipinski definition) is 0. The number of ether oxygens (including phenoxy) is 2. The summed E-state index contributed by atoms with van der Waals surface area (Å²) in [7, 11) is 0. The van der Waals surface area contributed by atoms with E-state index < -0.39 is 0 Å². The van der Waals surface area contributed by atoms with E-state index in [0.717, 1.165) is 75.8 Å². The van der Waals surface area contributed by atoms with Crippen molar-refractivity contribution in [1.29, 1.82) is 0 Å². The Hall–Kier alpha value is -1.50. The predicted molar refractivity (Wildman–Crippen MR) is 82.7 cm³/mol. The van der Waals surface area contributed by atoms with Crippen LogP contribution in [0.4, 0.5) is 0 Å². The quantitative estimate of drug-likeness (QED) is 0.859. The number of hydrogen-bond acceptors (Lipinski definition) is 5. The van der Waals surface area contributed by atoms with Gasteiger partial charge in [0.25, 0.3) is 0 Å². The smallest absolute Gasteiger partial charge is 0.160 e. The van der Waals surface area contributed by atoms with Gasteiger partial charge in [-0.25, -0.2) is 9.97 Å². The molecule has 6 heteroatoms. The first-order valence-corrected chi connectivity index (χ1v) is 8.15. The summed E-state index contributed by atoms with van der Waals surface area (Å²) in [6.07, 6.45) is 4.14. The first-order chi connectivity index (χ1) is 10.9. The van der Waals surface area contributed by atoms with E-state index in [1.54, 1.807) is 0 Å². The average Bonchev–Trinajstić information content (AvgIpc) is 3.21. The van der Waals surface area contributed by atoms with Gasteiger partial charge in [0.2, 0.25) is 0 Å². The van der Waals surface area contributed by atoms with Crippen LogP contribution in [0.5, 0.6) is 0 Å². The summed E-state index contributed by atoms with van der Waals surface area (Å²) in [6, 6.07) is 3.98. The first kappa shape index (κ1) is 14.1. The normalized spacial score (nSPS) is 23.4. The lowest BCUT2D eigenvalue weighted by Gasteiger charge is -2.27. The van der Waals surface area contributed by atoms with Crippen molar-refractivity contribution < 1.29 is 9.47 Å². The summed E-state index contributed by atoms with van der Waals surface area (Å²) in [5, 5.41) is 0. The van der Waals surface area contributed by atoms with Crippen LogP contribution in [0, 0.1) is 0 Å². The molecule has 0 bridgehead atoms.